The molecule has 4 rings (SSSR count). The van der Waals surface area contributed by atoms with Crippen molar-refractivity contribution < 1.29 is 27.1 Å². The summed E-state index contributed by atoms with van der Waals surface area (Å²) < 4.78 is 53.8. The fourth-order valence-corrected chi connectivity index (χ4v) is 4.75. The fourth-order valence-electron chi connectivity index (χ4n) is 3.83. The fraction of sp³-hybridized carbons (Fsp3) is 0.233. The Bertz CT molecular complexity index is 1570. The molecule has 0 spiro atoms. The predicted molar refractivity (Wildman–Crippen MR) is 149 cm³/mol. The van der Waals surface area contributed by atoms with Gasteiger partial charge in [0.2, 0.25) is 5.88 Å². The van der Waals surface area contributed by atoms with Gasteiger partial charge < -0.3 is 9.47 Å². The minimum atomic E-state index is -4.25. The molecule has 1 amide bonds. The van der Waals surface area contributed by atoms with Crippen molar-refractivity contribution in [2.75, 3.05) is 6.61 Å². The van der Waals surface area contributed by atoms with Gasteiger partial charge in [-0.2, -0.15) is 8.42 Å². The Hall–Kier alpha value is -4.31. The maximum atomic E-state index is 14.5. The van der Waals surface area contributed by atoms with Gasteiger partial charge in [0.1, 0.15) is 23.2 Å². The molecular weight excluding hydrogens is 533 g/mol. The van der Waals surface area contributed by atoms with Crippen molar-refractivity contribution in [2.24, 2.45) is 5.92 Å². The smallest absolute Gasteiger partial charge is 0.281 e. The average Bonchev–Trinajstić information content (AvgIpc) is 2.92. The number of aromatic nitrogens is 2. The molecule has 0 saturated heterocycles. The van der Waals surface area contributed by atoms with Gasteiger partial charge in [-0.05, 0) is 54.8 Å². The third-order valence-electron chi connectivity index (χ3n) is 5.67. The van der Waals surface area contributed by atoms with E-state index >= 15 is 0 Å². The van der Waals surface area contributed by atoms with Crippen LogP contribution in [0.4, 0.5) is 4.39 Å². The Morgan fingerprint density at radius 1 is 0.975 bits per heavy atom. The Balaban J connectivity index is 1.68. The van der Waals surface area contributed by atoms with Gasteiger partial charge in [0.05, 0.1) is 12.3 Å². The van der Waals surface area contributed by atoms with Crippen LogP contribution in [0.2, 0.25) is 0 Å². The summed E-state index contributed by atoms with van der Waals surface area (Å²) >= 11 is 0. The normalized spacial score (nSPS) is 12.1. The van der Waals surface area contributed by atoms with Crippen LogP contribution >= 0.6 is 0 Å². The first-order chi connectivity index (χ1) is 19.1. The molecule has 4 aromatic rings. The molecule has 40 heavy (non-hydrogen) atoms. The molecule has 2 aromatic heterocycles. The zero-order valence-electron chi connectivity index (χ0n) is 22.4. The summed E-state index contributed by atoms with van der Waals surface area (Å²) in [7, 11) is -4.25. The molecule has 0 radical (unpaired) electrons. The zero-order valence-corrected chi connectivity index (χ0v) is 23.2. The van der Waals surface area contributed by atoms with Gasteiger partial charge in [0.15, 0.2) is 5.03 Å². The lowest BCUT2D eigenvalue weighted by Crippen LogP contribution is -2.32. The summed E-state index contributed by atoms with van der Waals surface area (Å²) in [6.45, 7) is 6.19. The van der Waals surface area contributed by atoms with Crippen LogP contribution in [0.5, 0.6) is 11.6 Å². The second kappa shape index (κ2) is 12.7. The third kappa shape index (κ3) is 7.63. The maximum absolute atomic E-state index is 14.5. The van der Waals surface area contributed by atoms with Crippen molar-refractivity contribution in [3.8, 4) is 22.9 Å². The van der Waals surface area contributed by atoms with Gasteiger partial charge in [-0.25, -0.2) is 19.1 Å². The Labute approximate surface area is 233 Å². The number of nitrogens with one attached hydrogen (secondary N) is 1. The quantitative estimate of drug-likeness (QED) is 0.259. The first-order valence-corrected chi connectivity index (χ1v) is 14.2. The minimum absolute atomic E-state index is 0.0939. The van der Waals surface area contributed by atoms with E-state index in [4.69, 9.17) is 9.47 Å². The van der Waals surface area contributed by atoms with E-state index in [1.165, 1.54) is 42.6 Å². The number of halogens is 1. The Morgan fingerprint density at radius 2 is 1.73 bits per heavy atom. The predicted octanol–water partition coefficient (Wildman–Crippen LogP) is 5.45. The molecule has 1 atom stereocenters. The van der Waals surface area contributed by atoms with Crippen molar-refractivity contribution in [1.29, 1.82) is 0 Å². The second-order valence-corrected chi connectivity index (χ2v) is 11.3. The summed E-state index contributed by atoms with van der Waals surface area (Å²) in [4.78, 5) is 21.5. The van der Waals surface area contributed by atoms with E-state index in [9.17, 15) is 17.6 Å². The van der Waals surface area contributed by atoms with Crippen LogP contribution in [-0.2, 0) is 16.4 Å². The van der Waals surface area contributed by atoms with Crippen LogP contribution in [0.15, 0.2) is 90.1 Å². The van der Waals surface area contributed by atoms with Gasteiger partial charge in [-0.15, -0.1) is 0 Å². The van der Waals surface area contributed by atoms with E-state index in [-0.39, 0.29) is 22.4 Å². The largest absolute Gasteiger partial charge is 0.493 e. The highest BCUT2D eigenvalue weighted by Crippen LogP contribution is 2.29. The van der Waals surface area contributed by atoms with Crippen molar-refractivity contribution in [2.45, 2.75) is 38.3 Å². The molecule has 2 aromatic carbocycles. The summed E-state index contributed by atoms with van der Waals surface area (Å²) in [6.07, 6.45) is 1.39. The number of carbonyl (C=O) groups excluding carboxylic acids is 1. The highest BCUT2D eigenvalue weighted by atomic mass is 32.2. The summed E-state index contributed by atoms with van der Waals surface area (Å²) in [5, 5.41) is -0.304. The number of pyridine rings is 2. The molecule has 0 aliphatic heterocycles. The summed E-state index contributed by atoms with van der Waals surface area (Å²) in [5.41, 5.74) is 1.63. The van der Waals surface area contributed by atoms with Crippen LogP contribution in [0.1, 0.15) is 36.7 Å². The standard InChI is InChI=1S/C30H30FN3O5S/c1-20(2)19-38-25-17-23(16-24(31)18-25)27-13-12-26(29(35)34-40(36,37)28-11-7-8-14-32-28)30(33-27)39-21(3)15-22-9-5-4-6-10-22/h4-14,16-18,20-21H,15,19H2,1-3H3,(H,34,35). The highest BCUT2D eigenvalue weighted by molar-refractivity contribution is 7.90. The maximum Gasteiger partial charge on any atom is 0.281 e. The molecule has 0 fully saturated rings. The van der Waals surface area contributed by atoms with Gasteiger partial charge in [0.25, 0.3) is 15.9 Å². The first-order valence-electron chi connectivity index (χ1n) is 12.7. The van der Waals surface area contributed by atoms with Crippen molar-refractivity contribution in [3.05, 3.63) is 102 Å². The molecule has 2 heterocycles. The molecule has 10 heteroatoms. The number of carbonyl (C=O) groups is 1. The van der Waals surface area contributed by atoms with Crippen LogP contribution in [-0.4, -0.2) is 37.0 Å². The minimum Gasteiger partial charge on any atom is -0.493 e. The monoisotopic (exact) mass is 563 g/mol. The molecule has 1 N–H and O–H groups in total. The Kier molecular flexibility index (Phi) is 9.11. The molecule has 0 aliphatic rings. The van der Waals surface area contributed by atoms with E-state index in [1.807, 2.05) is 55.8 Å². The number of hydrogen-bond donors (Lipinski definition) is 1. The average molecular weight is 564 g/mol. The number of amides is 1. The number of benzene rings is 2. The van der Waals surface area contributed by atoms with Gasteiger partial charge in [-0.1, -0.05) is 50.2 Å². The van der Waals surface area contributed by atoms with E-state index < -0.39 is 27.9 Å². The van der Waals surface area contributed by atoms with E-state index in [2.05, 4.69) is 9.97 Å². The van der Waals surface area contributed by atoms with Gasteiger partial charge in [0, 0.05) is 24.2 Å². The summed E-state index contributed by atoms with van der Waals surface area (Å²) in [5.74, 6) is -0.957. The van der Waals surface area contributed by atoms with E-state index in [0.29, 0.717) is 30.0 Å². The number of nitrogens with zero attached hydrogens (tertiary/aromatic N) is 2. The molecule has 0 aliphatic carbocycles. The lowest BCUT2D eigenvalue weighted by atomic mass is 10.1. The van der Waals surface area contributed by atoms with Crippen molar-refractivity contribution in [3.63, 3.8) is 0 Å². The van der Waals surface area contributed by atoms with E-state index in [1.54, 1.807) is 12.1 Å². The van der Waals surface area contributed by atoms with Crippen molar-refractivity contribution >= 4 is 15.9 Å². The topological polar surface area (TPSA) is 107 Å². The highest BCUT2D eigenvalue weighted by Gasteiger charge is 2.24. The number of rotatable bonds is 11. The van der Waals surface area contributed by atoms with Gasteiger partial charge >= 0.3 is 0 Å². The molecule has 1 unspecified atom stereocenters. The lowest BCUT2D eigenvalue weighted by Gasteiger charge is -2.18. The lowest BCUT2D eigenvalue weighted by molar-refractivity contribution is 0.0973. The number of ether oxygens (including phenoxy) is 2. The summed E-state index contributed by atoms with van der Waals surface area (Å²) in [6, 6.07) is 21.1. The number of sulfonamides is 1. The Morgan fingerprint density at radius 3 is 2.42 bits per heavy atom. The van der Waals surface area contributed by atoms with Crippen LogP contribution < -0.4 is 14.2 Å². The van der Waals surface area contributed by atoms with Gasteiger partial charge in [-0.3, -0.25) is 4.79 Å². The molecule has 8 nitrogen and oxygen atoms in total. The molecular formula is C30H30FN3O5S. The first kappa shape index (κ1) is 28.7. The van der Waals surface area contributed by atoms with Crippen LogP contribution in [0, 0.1) is 11.7 Å². The second-order valence-electron chi connectivity index (χ2n) is 9.65. The van der Waals surface area contributed by atoms with Crippen LogP contribution in [0.3, 0.4) is 0 Å². The SMILES string of the molecule is CC(C)COc1cc(F)cc(-c2ccc(C(=O)NS(=O)(=O)c3ccccn3)c(OC(C)Cc3ccccc3)n2)c1. The molecule has 0 bridgehead atoms. The molecule has 0 saturated carbocycles. The number of hydrogen-bond acceptors (Lipinski definition) is 7. The van der Waals surface area contributed by atoms with E-state index in [0.717, 1.165) is 5.56 Å². The van der Waals surface area contributed by atoms with Crippen LogP contribution in [0.25, 0.3) is 11.3 Å². The molecule has 208 valence electrons. The zero-order chi connectivity index (χ0) is 28.7. The third-order valence-corrected chi connectivity index (χ3v) is 6.92. The van der Waals surface area contributed by atoms with Crippen molar-refractivity contribution in [1.82, 2.24) is 14.7 Å².